The molecule has 22 heavy (non-hydrogen) atoms. The molecular formula is C16H27N5O. The lowest BCUT2D eigenvalue weighted by Crippen LogP contribution is -2.50. The van der Waals surface area contributed by atoms with Crippen molar-refractivity contribution in [2.45, 2.75) is 37.8 Å². The summed E-state index contributed by atoms with van der Waals surface area (Å²) in [5, 5.41) is 3.16. The number of piperidine rings is 2. The molecule has 0 saturated carbocycles. The van der Waals surface area contributed by atoms with Crippen LogP contribution in [0.15, 0.2) is 12.5 Å². The van der Waals surface area contributed by atoms with Gasteiger partial charge in [0.15, 0.2) is 0 Å². The molecule has 6 heteroatoms. The average molecular weight is 305 g/mol. The first-order valence-corrected chi connectivity index (χ1v) is 8.33. The van der Waals surface area contributed by atoms with E-state index in [1.165, 1.54) is 25.9 Å². The van der Waals surface area contributed by atoms with Crippen LogP contribution in [0.4, 0.5) is 0 Å². The summed E-state index contributed by atoms with van der Waals surface area (Å²) < 4.78 is 1.77. The van der Waals surface area contributed by atoms with E-state index in [2.05, 4.69) is 27.1 Å². The Morgan fingerprint density at radius 2 is 1.82 bits per heavy atom. The predicted octanol–water partition coefficient (Wildman–Crippen LogP) is 0.709. The number of likely N-dealkylation sites (tertiary alicyclic amines) is 2. The van der Waals surface area contributed by atoms with Gasteiger partial charge in [-0.2, -0.15) is 0 Å². The van der Waals surface area contributed by atoms with Crippen molar-refractivity contribution < 1.29 is 4.79 Å². The first-order valence-electron chi connectivity index (χ1n) is 8.33. The van der Waals surface area contributed by atoms with Crippen LogP contribution in [0.1, 0.15) is 36.2 Å². The van der Waals surface area contributed by atoms with E-state index in [1.54, 1.807) is 17.1 Å². The van der Waals surface area contributed by atoms with Crippen LogP contribution in [0.3, 0.4) is 0 Å². The van der Waals surface area contributed by atoms with Crippen molar-refractivity contribution in [3.05, 3.63) is 18.2 Å². The standard InChI is InChI=1S/C16H27N5O/c1-19-7-5-14(6-8-19)21-9-3-13(4-10-21)18-16(22)15-11-17-12-20(15)2/h11-14H,3-10H2,1-2H3,(H,18,22). The van der Waals surface area contributed by atoms with Gasteiger partial charge in [0.25, 0.3) is 5.91 Å². The van der Waals surface area contributed by atoms with E-state index < -0.39 is 0 Å². The molecule has 0 bridgehead atoms. The number of aromatic nitrogens is 2. The van der Waals surface area contributed by atoms with Gasteiger partial charge in [-0.3, -0.25) is 4.79 Å². The third kappa shape index (κ3) is 3.50. The van der Waals surface area contributed by atoms with Gasteiger partial charge < -0.3 is 19.7 Å². The molecule has 6 nitrogen and oxygen atoms in total. The number of imidazole rings is 1. The fourth-order valence-corrected chi connectivity index (χ4v) is 3.60. The molecule has 0 spiro atoms. The van der Waals surface area contributed by atoms with Crippen LogP contribution in [0.5, 0.6) is 0 Å². The number of aryl methyl sites for hydroxylation is 1. The molecule has 1 aromatic heterocycles. The third-order valence-corrected chi connectivity index (χ3v) is 5.12. The number of carbonyl (C=O) groups is 1. The molecule has 1 amide bonds. The van der Waals surface area contributed by atoms with Crippen molar-refractivity contribution in [2.75, 3.05) is 33.2 Å². The molecule has 1 N–H and O–H groups in total. The summed E-state index contributed by atoms with van der Waals surface area (Å²) in [6.07, 6.45) is 7.96. The molecule has 122 valence electrons. The van der Waals surface area contributed by atoms with E-state index in [4.69, 9.17) is 0 Å². The van der Waals surface area contributed by atoms with Crippen LogP contribution in [-0.4, -0.2) is 70.6 Å². The Hall–Kier alpha value is -1.40. The zero-order chi connectivity index (χ0) is 15.5. The second-order valence-corrected chi connectivity index (χ2v) is 6.71. The second-order valence-electron chi connectivity index (χ2n) is 6.71. The van der Waals surface area contributed by atoms with Gasteiger partial charge in [-0.1, -0.05) is 0 Å². The average Bonchev–Trinajstić information content (AvgIpc) is 2.95. The minimum atomic E-state index is -0.00209. The lowest BCUT2D eigenvalue weighted by Gasteiger charge is -2.41. The van der Waals surface area contributed by atoms with Crippen molar-refractivity contribution in [1.29, 1.82) is 0 Å². The molecule has 0 aromatic carbocycles. The summed E-state index contributed by atoms with van der Waals surface area (Å²) in [6.45, 7) is 4.62. The van der Waals surface area contributed by atoms with Crippen molar-refractivity contribution >= 4 is 5.91 Å². The Kier molecular flexibility index (Phi) is 4.78. The molecule has 2 aliphatic heterocycles. The lowest BCUT2D eigenvalue weighted by molar-refractivity contribution is 0.0802. The maximum absolute atomic E-state index is 12.2. The maximum atomic E-state index is 12.2. The number of hydrogen-bond donors (Lipinski definition) is 1. The Morgan fingerprint density at radius 3 is 2.41 bits per heavy atom. The SMILES string of the molecule is CN1CCC(N2CCC(NC(=O)c3cncn3C)CC2)CC1. The predicted molar refractivity (Wildman–Crippen MR) is 85.8 cm³/mol. The summed E-state index contributed by atoms with van der Waals surface area (Å²) >= 11 is 0. The van der Waals surface area contributed by atoms with Gasteiger partial charge in [0.2, 0.25) is 0 Å². The quantitative estimate of drug-likeness (QED) is 0.893. The Labute approximate surface area is 132 Å². The molecule has 0 unspecified atom stereocenters. The zero-order valence-corrected chi connectivity index (χ0v) is 13.7. The molecular weight excluding hydrogens is 278 g/mol. The van der Waals surface area contributed by atoms with E-state index in [0.717, 1.165) is 32.0 Å². The molecule has 0 aliphatic carbocycles. The molecule has 3 heterocycles. The van der Waals surface area contributed by atoms with Gasteiger partial charge in [-0.05, 0) is 45.8 Å². The van der Waals surface area contributed by atoms with E-state index >= 15 is 0 Å². The number of hydrogen-bond acceptors (Lipinski definition) is 4. The first kappa shape index (κ1) is 15.5. The van der Waals surface area contributed by atoms with E-state index in [1.807, 2.05) is 7.05 Å². The van der Waals surface area contributed by atoms with Crippen molar-refractivity contribution in [2.24, 2.45) is 7.05 Å². The summed E-state index contributed by atoms with van der Waals surface area (Å²) in [4.78, 5) is 21.3. The highest BCUT2D eigenvalue weighted by Crippen LogP contribution is 2.20. The van der Waals surface area contributed by atoms with Crippen LogP contribution in [0.2, 0.25) is 0 Å². The van der Waals surface area contributed by atoms with Crippen LogP contribution < -0.4 is 5.32 Å². The van der Waals surface area contributed by atoms with E-state index in [9.17, 15) is 4.79 Å². The van der Waals surface area contributed by atoms with Gasteiger partial charge in [-0.15, -0.1) is 0 Å². The Morgan fingerprint density at radius 1 is 1.14 bits per heavy atom. The van der Waals surface area contributed by atoms with Crippen LogP contribution in [0.25, 0.3) is 0 Å². The van der Waals surface area contributed by atoms with E-state index in [-0.39, 0.29) is 5.91 Å². The maximum Gasteiger partial charge on any atom is 0.269 e. The Bertz CT molecular complexity index is 498. The fraction of sp³-hybridized carbons (Fsp3) is 0.750. The summed E-state index contributed by atoms with van der Waals surface area (Å²) in [7, 11) is 4.06. The van der Waals surface area contributed by atoms with Crippen molar-refractivity contribution in [1.82, 2.24) is 24.7 Å². The van der Waals surface area contributed by atoms with Gasteiger partial charge in [0.1, 0.15) is 5.69 Å². The number of carbonyl (C=O) groups excluding carboxylic acids is 1. The lowest BCUT2D eigenvalue weighted by atomic mass is 9.98. The molecule has 1 aromatic rings. The zero-order valence-electron chi connectivity index (χ0n) is 13.7. The van der Waals surface area contributed by atoms with Gasteiger partial charge >= 0.3 is 0 Å². The Balaban J connectivity index is 1.46. The number of nitrogens with zero attached hydrogens (tertiary/aromatic N) is 4. The smallest absolute Gasteiger partial charge is 0.269 e. The highest BCUT2D eigenvalue weighted by Gasteiger charge is 2.28. The van der Waals surface area contributed by atoms with Gasteiger partial charge in [0, 0.05) is 32.2 Å². The van der Waals surface area contributed by atoms with Crippen molar-refractivity contribution in [3.63, 3.8) is 0 Å². The highest BCUT2D eigenvalue weighted by atomic mass is 16.2. The largest absolute Gasteiger partial charge is 0.348 e. The molecule has 2 saturated heterocycles. The summed E-state index contributed by atoms with van der Waals surface area (Å²) in [5.74, 6) is -0.00209. The normalized spacial score (nSPS) is 22.8. The summed E-state index contributed by atoms with van der Waals surface area (Å²) in [6, 6.07) is 1.04. The molecule has 0 atom stereocenters. The number of amides is 1. The molecule has 2 fully saturated rings. The fourth-order valence-electron chi connectivity index (χ4n) is 3.60. The molecule has 2 aliphatic rings. The monoisotopic (exact) mass is 305 g/mol. The van der Waals surface area contributed by atoms with Gasteiger partial charge in [-0.25, -0.2) is 4.98 Å². The highest BCUT2D eigenvalue weighted by molar-refractivity contribution is 5.92. The first-order chi connectivity index (χ1) is 10.6. The topological polar surface area (TPSA) is 53.4 Å². The van der Waals surface area contributed by atoms with Crippen LogP contribution in [0, 0.1) is 0 Å². The summed E-state index contributed by atoms with van der Waals surface area (Å²) in [5.41, 5.74) is 0.637. The van der Waals surface area contributed by atoms with Crippen LogP contribution >= 0.6 is 0 Å². The van der Waals surface area contributed by atoms with E-state index in [0.29, 0.717) is 11.7 Å². The van der Waals surface area contributed by atoms with Crippen molar-refractivity contribution in [3.8, 4) is 0 Å². The van der Waals surface area contributed by atoms with Crippen LogP contribution in [-0.2, 0) is 7.05 Å². The number of nitrogens with one attached hydrogen (secondary N) is 1. The van der Waals surface area contributed by atoms with Gasteiger partial charge in [0.05, 0.1) is 12.5 Å². The number of rotatable bonds is 3. The molecule has 3 rings (SSSR count). The minimum absolute atomic E-state index is 0.00209. The molecule has 0 radical (unpaired) electrons. The second kappa shape index (κ2) is 6.79. The third-order valence-electron chi connectivity index (χ3n) is 5.12. The minimum Gasteiger partial charge on any atom is -0.348 e.